The van der Waals surface area contributed by atoms with Gasteiger partial charge in [-0.1, -0.05) is 6.92 Å². The molecule has 0 saturated heterocycles. The molecule has 0 bridgehead atoms. The third kappa shape index (κ3) is 2.36. The monoisotopic (exact) mass is 224 g/mol. The standard InChI is InChI=1S/C10H12N2O2S/c1-2-4-14-9(13)6-8-7-12-3-5-15-10(12)11-8/h3,5,7H,2,4,6H2,1H3. The molecule has 0 aliphatic heterocycles. The number of fused-ring (bicyclic) bond motifs is 1. The van der Waals surface area contributed by atoms with Crippen molar-refractivity contribution in [2.75, 3.05) is 6.61 Å². The van der Waals surface area contributed by atoms with Crippen LogP contribution in [0.15, 0.2) is 17.8 Å². The zero-order valence-electron chi connectivity index (χ0n) is 8.47. The predicted molar refractivity (Wildman–Crippen MR) is 58.0 cm³/mol. The molecule has 0 amide bonds. The highest BCUT2D eigenvalue weighted by Gasteiger charge is 2.08. The van der Waals surface area contributed by atoms with E-state index < -0.39 is 0 Å². The summed E-state index contributed by atoms with van der Waals surface area (Å²) in [6.07, 6.45) is 4.89. The lowest BCUT2D eigenvalue weighted by molar-refractivity contribution is -0.142. The first-order valence-electron chi connectivity index (χ1n) is 4.86. The summed E-state index contributed by atoms with van der Waals surface area (Å²) in [5.74, 6) is -0.206. The van der Waals surface area contributed by atoms with Crippen molar-refractivity contribution in [3.8, 4) is 0 Å². The molecule has 0 saturated carbocycles. The summed E-state index contributed by atoms with van der Waals surface area (Å²) in [5.41, 5.74) is 0.767. The van der Waals surface area contributed by atoms with Crippen LogP contribution in [0.4, 0.5) is 0 Å². The van der Waals surface area contributed by atoms with Gasteiger partial charge in [-0.05, 0) is 6.42 Å². The van der Waals surface area contributed by atoms with Crippen LogP contribution < -0.4 is 0 Å². The van der Waals surface area contributed by atoms with Crippen LogP contribution >= 0.6 is 11.3 Å². The Morgan fingerprint density at radius 3 is 3.27 bits per heavy atom. The smallest absolute Gasteiger partial charge is 0.311 e. The summed E-state index contributed by atoms with van der Waals surface area (Å²) in [6, 6.07) is 0. The minimum absolute atomic E-state index is 0.206. The van der Waals surface area contributed by atoms with Crippen LogP contribution in [0.25, 0.3) is 4.96 Å². The molecule has 2 rings (SSSR count). The number of thiazole rings is 1. The van der Waals surface area contributed by atoms with E-state index in [0.717, 1.165) is 17.1 Å². The van der Waals surface area contributed by atoms with Crippen molar-refractivity contribution in [3.63, 3.8) is 0 Å². The van der Waals surface area contributed by atoms with E-state index >= 15 is 0 Å². The molecule has 2 heterocycles. The second kappa shape index (κ2) is 4.44. The summed E-state index contributed by atoms with van der Waals surface area (Å²) in [5, 5.41) is 1.96. The van der Waals surface area contributed by atoms with E-state index in [2.05, 4.69) is 4.98 Å². The summed E-state index contributed by atoms with van der Waals surface area (Å²) < 4.78 is 6.89. The van der Waals surface area contributed by atoms with Crippen LogP contribution in [0.2, 0.25) is 0 Å². The Bertz CT molecular complexity index is 432. The Balaban J connectivity index is 2.00. The fourth-order valence-corrected chi connectivity index (χ4v) is 2.00. The highest BCUT2D eigenvalue weighted by molar-refractivity contribution is 7.15. The van der Waals surface area contributed by atoms with Crippen LogP contribution in [-0.4, -0.2) is 22.0 Å². The van der Waals surface area contributed by atoms with Crippen molar-refractivity contribution in [2.24, 2.45) is 0 Å². The number of hydrogen-bond donors (Lipinski definition) is 0. The molecule has 15 heavy (non-hydrogen) atoms. The van der Waals surface area contributed by atoms with Gasteiger partial charge in [0.25, 0.3) is 0 Å². The number of ether oxygens (including phenoxy) is 1. The third-order valence-corrected chi connectivity index (χ3v) is 2.71. The molecule has 0 spiro atoms. The molecule has 4 nitrogen and oxygen atoms in total. The fraction of sp³-hybridized carbons (Fsp3) is 0.400. The first-order chi connectivity index (χ1) is 7.29. The molecule has 2 aromatic heterocycles. The van der Waals surface area contributed by atoms with Gasteiger partial charge in [0.1, 0.15) is 0 Å². The summed E-state index contributed by atoms with van der Waals surface area (Å²) >= 11 is 1.55. The van der Waals surface area contributed by atoms with E-state index in [1.54, 1.807) is 11.3 Å². The molecule has 0 aromatic carbocycles. The van der Waals surface area contributed by atoms with Crippen LogP contribution in [0.5, 0.6) is 0 Å². The maximum atomic E-state index is 11.3. The highest BCUT2D eigenvalue weighted by atomic mass is 32.1. The molecular weight excluding hydrogens is 212 g/mol. The number of esters is 1. The van der Waals surface area contributed by atoms with Crippen molar-refractivity contribution in [3.05, 3.63) is 23.5 Å². The van der Waals surface area contributed by atoms with Gasteiger partial charge in [0.05, 0.1) is 18.7 Å². The molecule has 0 aliphatic rings. The van der Waals surface area contributed by atoms with Crippen LogP contribution in [0, 0.1) is 0 Å². The third-order valence-electron chi connectivity index (χ3n) is 1.94. The van der Waals surface area contributed by atoms with Crippen LogP contribution in [0.3, 0.4) is 0 Å². The fourth-order valence-electron chi connectivity index (χ4n) is 1.28. The van der Waals surface area contributed by atoms with Gasteiger partial charge in [0.2, 0.25) is 0 Å². The average molecular weight is 224 g/mol. The Kier molecular flexibility index (Phi) is 3.01. The van der Waals surface area contributed by atoms with Gasteiger partial charge in [-0.25, -0.2) is 4.98 Å². The molecule has 80 valence electrons. The van der Waals surface area contributed by atoms with E-state index in [9.17, 15) is 4.79 Å². The first kappa shape index (κ1) is 10.2. The van der Waals surface area contributed by atoms with Gasteiger partial charge in [-0.3, -0.25) is 9.20 Å². The number of carbonyl (C=O) groups excluding carboxylic acids is 1. The van der Waals surface area contributed by atoms with Crippen molar-refractivity contribution < 1.29 is 9.53 Å². The van der Waals surface area contributed by atoms with E-state index in [1.165, 1.54) is 0 Å². The number of carbonyl (C=O) groups is 1. The second-order valence-electron chi connectivity index (χ2n) is 3.22. The first-order valence-corrected chi connectivity index (χ1v) is 5.74. The molecule has 0 N–H and O–H groups in total. The van der Waals surface area contributed by atoms with Gasteiger partial charge >= 0.3 is 5.97 Å². The molecule has 0 fully saturated rings. The lowest BCUT2D eigenvalue weighted by Gasteiger charge is -1.99. The Labute approximate surface area is 91.5 Å². The Morgan fingerprint density at radius 2 is 2.53 bits per heavy atom. The van der Waals surface area contributed by atoms with Crippen LogP contribution in [-0.2, 0) is 16.0 Å². The zero-order chi connectivity index (χ0) is 10.7. The van der Waals surface area contributed by atoms with Crippen molar-refractivity contribution >= 4 is 22.3 Å². The maximum absolute atomic E-state index is 11.3. The molecular formula is C10H12N2O2S. The summed E-state index contributed by atoms with van der Waals surface area (Å²) in [6.45, 7) is 2.46. The van der Waals surface area contributed by atoms with Crippen molar-refractivity contribution in [2.45, 2.75) is 19.8 Å². The highest BCUT2D eigenvalue weighted by Crippen LogP contribution is 2.11. The molecule has 2 aromatic rings. The SMILES string of the molecule is CCCOC(=O)Cc1cn2ccsc2n1. The molecule has 0 radical (unpaired) electrons. The number of imidazole rings is 1. The van der Waals surface area contributed by atoms with Crippen LogP contribution in [0.1, 0.15) is 19.0 Å². The van der Waals surface area contributed by atoms with E-state index in [1.807, 2.05) is 29.1 Å². The number of hydrogen-bond acceptors (Lipinski definition) is 4. The van der Waals surface area contributed by atoms with Gasteiger partial charge in [-0.2, -0.15) is 0 Å². The average Bonchev–Trinajstić information content (AvgIpc) is 2.74. The summed E-state index contributed by atoms with van der Waals surface area (Å²) in [7, 11) is 0. The van der Waals surface area contributed by atoms with Gasteiger partial charge < -0.3 is 4.74 Å². The lowest BCUT2D eigenvalue weighted by atomic mass is 10.3. The normalized spacial score (nSPS) is 10.7. The second-order valence-corrected chi connectivity index (χ2v) is 4.10. The Hall–Kier alpha value is -1.36. The van der Waals surface area contributed by atoms with Crippen molar-refractivity contribution in [1.82, 2.24) is 9.38 Å². The van der Waals surface area contributed by atoms with Gasteiger partial charge in [0.15, 0.2) is 4.96 Å². The number of rotatable bonds is 4. The number of aromatic nitrogens is 2. The van der Waals surface area contributed by atoms with Gasteiger partial charge in [0, 0.05) is 17.8 Å². The van der Waals surface area contributed by atoms with Crippen molar-refractivity contribution in [1.29, 1.82) is 0 Å². The minimum atomic E-state index is -0.206. The molecule has 5 heteroatoms. The molecule has 0 unspecified atom stereocenters. The number of nitrogens with zero attached hydrogens (tertiary/aromatic N) is 2. The minimum Gasteiger partial charge on any atom is -0.465 e. The van der Waals surface area contributed by atoms with E-state index in [-0.39, 0.29) is 12.4 Å². The summed E-state index contributed by atoms with van der Waals surface area (Å²) in [4.78, 5) is 16.5. The Morgan fingerprint density at radius 1 is 1.67 bits per heavy atom. The zero-order valence-corrected chi connectivity index (χ0v) is 9.29. The van der Waals surface area contributed by atoms with E-state index in [0.29, 0.717) is 6.61 Å². The predicted octanol–water partition coefficient (Wildman–Crippen LogP) is 1.89. The largest absolute Gasteiger partial charge is 0.465 e. The molecule has 0 atom stereocenters. The topological polar surface area (TPSA) is 43.6 Å². The lowest BCUT2D eigenvalue weighted by Crippen LogP contribution is -2.08. The maximum Gasteiger partial charge on any atom is 0.311 e. The molecule has 0 aliphatic carbocycles. The van der Waals surface area contributed by atoms with Gasteiger partial charge in [-0.15, -0.1) is 11.3 Å². The van der Waals surface area contributed by atoms with E-state index in [4.69, 9.17) is 4.74 Å². The quantitative estimate of drug-likeness (QED) is 0.745.